The van der Waals surface area contributed by atoms with Crippen molar-refractivity contribution in [1.82, 2.24) is 5.32 Å². The van der Waals surface area contributed by atoms with Crippen LogP contribution in [-0.4, -0.2) is 55.8 Å². The van der Waals surface area contributed by atoms with E-state index in [9.17, 15) is 14.4 Å². The van der Waals surface area contributed by atoms with E-state index in [0.29, 0.717) is 39.4 Å². The number of anilines is 3. The van der Waals surface area contributed by atoms with Gasteiger partial charge in [0.2, 0.25) is 12.1 Å². The number of aliphatic imine (C=N–C) groups is 1. The summed E-state index contributed by atoms with van der Waals surface area (Å²) in [6.45, 7) is -0.234. The number of ether oxygens (including phenoxy) is 1. The topological polar surface area (TPSA) is 103 Å². The van der Waals surface area contributed by atoms with Crippen molar-refractivity contribution in [2.24, 2.45) is 4.99 Å². The zero-order chi connectivity index (χ0) is 26.4. The number of methoxy groups -OCH3 is 1. The van der Waals surface area contributed by atoms with Gasteiger partial charge in [-0.25, -0.2) is 4.79 Å². The summed E-state index contributed by atoms with van der Waals surface area (Å²) in [5.74, 6) is -0.249. The van der Waals surface area contributed by atoms with E-state index in [0.717, 1.165) is 0 Å². The molecule has 3 aromatic rings. The van der Waals surface area contributed by atoms with Gasteiger partial charge in [-0.15, -0.1) is 0 Å². The molecule has 0 spiro atoms. The second-order valence-corrected chi connectivity index (χ2v) is 8.73. The lowest BCUT2D eigenvalue weighted by Gasteiger charge is -2.27. The predicted octanol–water partition coefficient (Wildman–Crippen LogP) is 4.04. The minimum atomic E-state index is -1.25. The predicted molar refractivity (Wildman–Crippen MR) is 148 cm³/mol. The maximum atomic E-state index is 13.7. The third kappa shape index (κ3) is 5.97. The molecule has 0 saturated carbocycles. The van der Waals surface area contributed by atoms with Crippen LogP contribution in [0.5, 0.6) is 5.75 Å². The number of amides is 4. The molecule has 9 nitrogen and oxygen atoms in total. The summed E-state index contributed by atoms with van der Waals surface area (Å²) >= 11 is 3.45. The summed E-state index contributed by atoms with van der Waals surface area (Å²) in [6.07, 6.45) is -1.25. The van der Waals surface area contributed by atoms with E-state index in [2.05, 4.69) is 31.6 Å². The van der Waals surface area contributed by atoms with Crippen LogP contribution >= 0.6 is 15.9 Å². The minimum absolute atomic E-state index is 0.234. The third-order valence-corrected chi connectivity index (χ3v) is 6.35. The molecule has 1 aliphatic rings. The van der Waals surface area contributed by atoms with Gasteiger partial charge in [0.25, 0.3) is 5.91 Å². The highest BCUT2D eigenvalue weighted by Gasteiger charge is 2.34. The van der Waals surface area contributed by atoms with Crippen molar-refractivity contribution in [3.05, 3.63) is 84.4 Å². The minimum Gasteiger partial charge on any atom is -0.497 e. The van der Waals surface area contributed by atoms with Crippen LogP contribution in [0.2, 0.25) is 0 Å². The van der Waals surface area contributed by atoms with E-state index >= 15 is 0 Å². The average molecular weight is 564 g/mol. The molecule has 0 aromatic heterocycles. The lowest BCUT2D eigenvalue weighted by atomic mass is 10.1. The lowest BCUT2D eigenvalue weighted by molar-refractivity contribution is -0.123. The normalized spacial score (nSPS) is 14.7. The molecule has 190 valence electrons. The van der Waals surface area contributed by atoms with Gasteiger partial charge in [-0.05, 0) is 30.3 Å². The smallest absolute Gasteiger partial charge is 0.321 e. The summed E-state index contributed by atoms with van der Waals surface area (Å²) in [5.41, 5.74) is 3.00. The highest BCUT2D eigenvalue weighted by Crippen LogP contribution is 2.27. The molecule has 0 radical (unpaired) electrons. The number of hydrogen-bond donors (Lipinski definition) is 2. The van der Waals surface area contributed by atoms with Gasteiger partial charge >= 0.3 is 6.03 Å². The fourth-order valence-electron chi connectivity index (χ4n) is 3.89. The van der Waals surface area contributed by atoms with Gasteiger partial charge in [0.1, 0.15) is 12.3 Å². The Kier molecular flexibility index (Phi) is 8.19. The summed E-state index contributed by atoms with van der Waals surface area (Å²) in [4.78, 5) is 47.2. The molecule has 4 rings (SSSR count). The van der Waals surface area contributed by atoms with E-state index in [1.54, 1.807) is 43.4 Å². The molecule has 2 N–H and O–H groups in total. The van der Waals surface area contributed by atoms with Gasteiger partial charge in [0, 0.05) is 35.4 Å². The largest absolute Gasteiger partial charge is 0.497 e. The molecular formula is C27H26BrN5O4. The van der Waals surface area contributed by atoms with Crippen LogP contribution in [0, 0.1) is 0 Å². The number of nitrogens with zero attached hydrogens (tertiary/aromatic N) is 3. The molecule has 1 aliphatic heterocycles. The van der Waals surface area contributed by atoms with Gasteiger partial charge in [-0.3, -0.25) is 19.5 Å². The number of halogens is 1. The van der Waals surface area contributed by atoms with Gasteiger partial charge in [0.05, 0.1) is 18.5 Å². The quantitative estimate of drug-likeness (QED) is 0.423. The Morgan fingerprint density at radius 2 is 1.78 bits per heavy atom. The Morgan fingerprint density at radius 1 is 1.05 bits per heavy atom. The molecular weight excluding hydrogens is 538 g/mol. The van der Waals surface area contributed by atoms with Crippen molar-refractivity contribution in [3.8, 4) is 5.75 Å². The molecule has 1 heterocycles. The summed E-state index contributed by atoms with van der Waals surface area (Å²) < 4.78 is 5.19. The summed E-state index contributed by atoms with van der Waals surface area (Å²) in [5, 5.41) is 5.69. The van der Waals surface area contributed by atoms with Crippen molar-refractivity contribution in [3.63, 3.8) is 0 Å². The van der Waals surface area contributed by atoms with Crippen molar-refractivity contribution >= 4 is 56.5 Å². The number of nitrogens with one attached hydrogen (secondary N) is 2. The molecule has 3 aromatic carbocycles. The Labute approximate surface area is 223 Å². The standard InChI is InChI=1S/C27H26BrN5O4/c1-32(19-10-4-3-5-11-19)24(34)17-33-23-14-7-6-13-21(23)22(16-28)30-25(26(33)35)31-27(36)29-18-9-8-12-20(15-18)37-2/h3-15,25H,16-17H2,1-2H3,(H2,29,31,36)/t25-/m0/s1. The van der Waals surface area contributed by atoms with Gasteiger partial charge in [-0.1, -0.05) is 58.4 Å². The van der Waals surface area contributed by atoms with Crippen molar-refractivity contribution in [2.45, 2.75) is 6.17 Å². The molecule has 0 fully saturated rings. The molecule has 10 heteroatoms. The number of para-hydroxylation sites is 2. The van der Waals surface area contributed by atoms with E-state index in [-0.39, 0.29) is 12.5 Å². The number of alkyl halides is 1. The van der Waals surface area contributed by atoms with E-state index in [1.165, 1.54) is 16.9 Å². The molecule has 1 atom stereocenters. The first-order chi connectivity index (χ1) is 17.9. The molecule has 0 bridgehead atoms. The van der Waals surface area contributed by atoms with Crippen molar-refractivity contribution < 1.29 is 19.1 Å². The molecule has 0 unspecified atom stereocenters. The summed E-state index contributed by atoms with van der Waals surface area (Å²) in [7, 11) is 3.19. The van der Waals surface area contributed by atoms with E-state index in [4.69, 9.17) is 4.74 Å². The number of benzodiazepines with no additional fused rings is 1. The number of likely N-dealkylation sites (N-methyl/N-ethyl adjacent to an activating group) is 1. The Morgan fingerprint density at radius 3 is 2.51 bits per heavy atom. The Hall–Kier alpha value is -4.18. The maximum Gasteiger partial charge on any atom is 0.321 e. The SMILES string of the molecule is COc1cccc(NC(=O)N[C@@H]2N=C(CBr)c3ccccc3N(CC(=O)N(C)c3ccccc3)C2=O)c1. The fraction of sp³-hybridized carbons (Fsp3) is 0.185. The van der Waals surface area contributed by atoms with Gasteiger partial charge in [0.15, 0.2) is 0 Å². The monoisotopic (exact) mass is 563 g/mol. The number of hydrogen-bond acceptors (Lipinski definition) is 5. The Bertz CT molecular complexity index is 1330. The first-order valence-electron chi connectivity index (χ1n) is 11.5. The molecule has 4 amide bonds. The van der Waals surface area contributed by atoms with E-state index < -0.39 is 18.1 Å². The third-order valence-electron chi connectivity index (χ3n) is 5.82. The van der Waals surface area contributed by atoms with Crippen LogP contribution < -0.4 is 25.2 Å². The number of fused-ring (bicyclic) bond motifs is 1. The number of urea groups is 1. The number of carbonyl (C=O) groups excluding carboxylic acids is 3. The zero-order valence-corrected chi connectivity index (χ0v) is 21.9. The van der Waals surface area contributed by atoms with Crippen LogP contribution in [0.1, 0.15) is 5.56 Å². The van der Waals surface area contributed by atoms with Gasteiger partial charge in [-0.2, -0.15) is 0 Å². The average Bonchev–Trinajstić information content (AvgIpc) is 3.03. The van der Waals surface area contributed by atoms with Crippen LogP contribution in [0.25, 0.3) is 0 Å². The highest BCUT2D eigenvalue weighted by atomic mass is 79.9. The van der Waals surface area contributed by atoms with Crippen LogP contribution in [0.3, 0.4) is 0 Å². The first-order valence-corrected chi connectivity index (χ1v) is 12.6. The van der Waals surface area contributed by atoms with Gasteiger partial charge < -0.3 is 20.3 Å². The zero-order valence-electron chi connectivity index (χ0n) is 20.3. The number of benzene rings is 3. The molecule has 0 saturated heterocycles. The van der Waals surface area contributed by atoms with Crippen LogP contribution in [0.15, 0.2) is 83.9 Å². The van der Waals surface area contributed by atoms with E-state index in [1.807, 2.05) is 42.5 Å². The second-order valence-electron chi connectivity index (χ2n) is 8.17. The van der Waals surface area contributed by atoms with Crippen molar-refractivity contribution in [1.29, 1.82) is 0 Å². The maximum absolute atomic E-state index is 13.7. The first kappa shape index (κ1) is 25.9. The Balaban J connectivity index is 1.61. The highest BCUT2D eigenvalue weighted by molar-refractivity contribution is 9.09. The fourth-order valence-corrected chi connectivity index (χ4v) is 4.34. The molecule has 37 heavy (non-hydrogen) atoms. The van der Waals surface area contributed by atoms with Crippen LogP contribution in [-0.2, 0) is 9.59 Å². The van der Waals surface area contributed by atoms with Crippen LogP contribution in [0.4, 0.5) is 21.9 Å². The number of rotatable bonds is 7. The number of carbonyl (C=O) groups is 3. The van der Waals surface area contributed by atoms with Crippen molar-refractivity contribution in [2.75, 3.05) is 41.1 Å². The summed E-state index contributed by atoms with van der Waals surface area (Å²) in [6, 6.07) is 22.6. The molecule has 0 aliphatic carbocycles. The second kappa shape index (κ2) is 11.7. The lowest BCUT2D eigenvalue weighted by Crippen LogP contribution is -2.51.